The van der Waals surface area contributed by atoms with Crippen LogP contribution in [0.3, 0.4) is 0 Å². The average Bonchev–Trinajstić information content (AvgIpc) is 1.96. The monoisotopic (exact) mass is 157 g/mol. The highest BCUT2D eigenvalue weighted by Gasteiger charge is 1.94. The van der Waals surface area contributed by atoms with E-state index in [0.717, 1.165) is 19.5 Å². The number of nitrogens with one attached hydrogen (secondary N) is 1. The fourth-order valence-electron chi connectivity index (χ4n) is 0.694. The molecule has 0 aliphatic rings. The summed E-state index contributed by atoms with van der Waals surface area (Å²) in [5.74, 6) is -0.726. The van der Waals surface area contributed by atoms with Crippen LogP contribution in [0.15, 0.2) is 12.7 Å². The largest absolute Gasteiger partial charge is 0.481 e. The van der Waals surface area contributed by atoms with Gasteiger partial charge in [-0.3, -0.25) is 4.79 Å². The molecule has 3 nitrogen and oxygen atoms in total. The lowest BCUT2D eigenvalue weighted by Gasteiger charge is -1.99. The fraction of sp³-hybridized carbons (Fsp3) is 0.625. The first-order valence-electron chi connectivity index (χ1n) is 3.80. The number of aliphatic carboxylic acids is 1. The van der Waals surface area contributed by atoms with Crippen LogP contribution in [0.2, 0.25) is 0 Å². The molecular weight excluding hydrogens is 142 g/mol. The highest BCUT2D eigenvalue weighted by atomic mass is 16.4. The maximum Gasteiger partial charge on any atom is 0.303 e. The first-order valence-corrected chi connectivity index (χ1v) is 3.80. The lowest BCUT2D eigenvalue weighted by Crippen LogP contribution is -2.16. The summed E-state index contributed by atoms with van der Waals surface area (Å²) < 4.78 is 0. The number of carboxylic acid groups (broad SMARTS) is 1. The molecule has 11 heavy (non-hydrogen) atoms. The van der Waals surface area contributed by atoms with Gasteiger partial charge in [0.15, 0.2) is 0 Å². The first kappa shape index (κ1) is 10.2. The van der Waals surface area contributed by atoms with E-state index in [9.17, 15) is 4.79 Å². The van der Waals surface area contributed by atoms with Crippen LogP contribution in [0.4, 0.5) is 0 Å². The van der Waals surface area contributed by atoms with Crippen LogP contribution in [0.25, 0.3) is 0 Å². The van der Waals surface area contributed by atoms with E-state index in [-0.39, 0.29) is 6.42 Å². The zero-order valence-electron chi connectivity index (χ0n) is 6.68. The maximum atomic E-state index is 10.0. The van der Waals surface area contributed by atoms with Crippen molar-refractivity contribution in [3.8, 4) is 0 Å². The second-order valence-electron chi connectivity index (χ2n) is 2.32. The zero-order valence-corrected chi connectivity index (χ0v) is 6.68. The Morgan fingerprint density at radius 1 is 1.55 bits per heavy atom. The third-order valence-electron chi connectivity index (χ3n) is 1.27. The SMILES string of the molecule is C=CCCNCCCC(=O)O. The smallest absolute Gasteiger partial charge is 0.303 e. The van der Waals surface area contributed by atoms with E-state index in [2.05, 4.69) is 11.9 Å². The lowest BCUT2D eigenvalue weighted by molar-refractivity contribution is -0.137. The van der Waals surface area contributed by atoms with Gasteiger partial charge in [-0.25, -0.2) is 0 Å². The number of hydrogen-bond acceptors (Lipinski definition) is 2. The molecule has 0 spiro atoms. The summed E-state index contributed by atoms with van der Waals surface area (Å²) in [5.41, 5.74) is 0. The maximum absolute atomic E-state index is 10.0. The fourth-order valence-corrected chi connectivity index (χ4v) is 0.694. The van der Waals surface area contributed by atoms with Crippen LogP contribution in [-0.4, -0.2) is 24.2 Å². The average molecular weight is 157 g/mol. The zero-order chi connectivity index (χ0) is 8.53. The lowest BCUT2D eigenvalue weighted by atomic mass is 10.3. The van der Waals surface area contributed by atoms with Gasteiger partial charge in [-0.15, -0.1) is 6.58 Å². The molecular formula is C8H15NO2. The van der Waals surface area contributed by atoms with Crippen molar-refractivity contribution < 1.29 is 9.90 Å². The van der Waals surface area contributed by atoms with Gasteiger partial charge in [0.25, 0.3) is 0 Å². The summed E-state index contributed by atoms with van der Waals surface area (Å²) >= 11 is 0. The van der Waals surface area contributed by atoms with E-state index in [0.29, 0.717) is 6.42 Å². The molecule has 64 valence electrons. The normalized spacial score (nSPS) is 9.45. The molecule has 0 saturated carbocycles. The standard InChI is InChI=1S/C8H15NO2/c1-2-3-6-9-7-4-5-8(10)11/h2,9H,1,3-7H2,(H,10,11). The summed E-state index contributed by atoms with van der Waals surface area (Å²) in [4.78, 5) is 10.0. The molecule has 0 amide bonds. The van der Waals surface area contributed by atoms with Crippen LogP contribution in [0, 0.1) is 0 Å². The van der Waals surface area contributed by atoms with E-state index in [1.807, 2.05) is 6.08 Å². The number of hydrogen-bond donors (Lipinski definition) is 2. The van der Waals surface area contributed by atoms with Crippen molar-refractivity contribution in [3.63, 3.8) is 0 Å². The van der Waals surface area contributed by atoms with Gasteiger partial charge in [0.1, 0.15) is 0 Å². The second-order valence-corrected chi connectivity index (χ2v) is 2.32. The molecule has 3 heteroatoms. The minimum Gasteiger partial charge on any atom is -0.481 e. The summed E-state index contributed by atoms with van der Waals surface area (Å²) in [6.07, 6.45) is 3.73. The molecule has 0 aliphatic heterocycles. The Balaban J connectivity index is 2.90. The van der Waals surface area contributed by atoms with Crippen LogP contribution in [-0.2, 0) is 4.79 Å². The Hall–Kier alpha value is -0.830. The van der Waals surface area contributed by atoms with E-state index >= 15 is 0 Å². The van der Waals surface area contributed by atoms with Crippen molar-refractivity contribution in [1.82, 2.24) is 5.32 Å². The summed E-state index contributed by atoms with van der Waals surface area (Å²) in [5, 5.41) is 11.4. The highest BCUT2D eigenvalue weighted by molar-refractivity contribution is 5.66. The topological polar surface area (TPSA) is 49.3 Å². The van der Waals surface area contributed by atoms with Crippen molar-refractivity contribution in [2.75, 3.05) is 13.1 Å². The van der Waals surface area contributed by atoms with Crippen molar-refractivity contribution in [3.05, 3.63) is 12.7 Å². The number of rotatable bonds is 7. The molecule has 2 N–H and O–H groups in total. The Morgan fingerprint density at radius 3 is 2.82 bits per heavy atom. The second kappa shape index (κ2) is 7.28. The van der Waals surface area contributed by atoms with Gasteiger partial charge in [0.2, 0.25) is 0 Å². The van der Waals surface area contributed by atoms with Crippen LogP contribution >= 0.6 is 0 Å². The Labute approximate surface area is 67.1 Å². The minimum absolute atomic E-state index is 0.251. The molecule has 0 heterocycles. The van der Waals surface area contributed by atoms with Crippen molar-refractivity contribution in [1.29, 1.82) is 0 Å². The molecule has 0 aromatic heterocycles. The molecule has 0 radical (unpaired) electrons. The predicted molar refractivity (Wildman–Crippen MR) is 44.6 cm³/mol. The van der Waals surface area contributed by atoms with Crippen LogP contribution in [0.1, 0.15) is 19.3 Å². The van der Waals surface area contributed by atoms with Gasteiger partial charge in [0, 0.05) is 6.42 Å². The molecule has 0 atom stereocenters. The third kappa shape index (κ3) is 9.17. The van der Waals surface area contributed by atoms with Crippen molar-refractivity contribution in [2.45, 2.75) is 19.3 Å². The van der Waals surface area contributed by atoms with Gasteiger partial charge < -0.3 is 10.4 Å². The molecule has 0 bridgehead atoms. The Morgan fingerprint density at radius 2 is 2.27 bits per heavy atom. The van der Waals surface area contributed by atoms with Gasteiger partial charge in [-0.05, 0) is 25.9 Å². The first-order chi connectivity index (χ1) is 5.27. The van der Waals surface area contributed by atoms with Gasteiger partial charge >= 0.3 is 5.97 Å². The van der Waals surface area contributed by atoms with E-state index in [4.69, 9.17) is 5.11 Å². The summed E-state index contributed by atoms with van der Waals surface area (Å²) in [6.45, 7) is 5.24. The molecule has 0 fully saturated rings. The Kier molecular flexibility index (Phi) is 6.73. The highest BCUT2D eigenvalue weighted by Crippen LogP contribution is 1.85. The quantitative estimate of drug-likeness (QED) is 0.428. The summed E-state index contributed by atoms with van der Waals surface area (Å²) in [7, 11) is 0. The molecule has 0 aliphatic carbocycles. The van der Waals surface area contributed by atoms with Gasteiger partial charge in [-0.2, -0.15) is 0 Å². The van der Waals surface area contributed by atoms with Gasteiger partial charge in [-0.1, -0.05) is 6.08 Å². The van der Waals surface area contributed by atoms with Gasteiger partial charge in [0.05, 0.1) is 0 Å². The van der Waals surface area contributed by atoms with Crippen molar-refractivity contribution in [2.24, 2.45) is 0 Å². The molecule has 0 unspecified atom stereocenters. The minimum atomic E-state index is -0.726. The molecule has 0 rings (SSSR count). The van der Waals surface area contributed by atoms with E-state index in [1.165, 1.54) is 0 Å². The molecule has 0 aromatic rings. The third-order valence-corrected chi connectivity index (χ3v) is 1.27. The van der Waals surface area contributed by atoms with Crippen LogP contribution in [0.5, 0.6) is 0 Å². The van der Waals surface area contributed by atoms with Crippen molar-refractivity contribution >= 4 is 5.97 Å². The number of carboxylic acids is 1. The van der Waals surface area contributed by atoms with E-state index in [1.54, 1.807) is 0 Å². The number of carbonyl (C=O) groups is 1. The summed E-state index contributed by atoms with van der Waals surface area (Å²) in [6, 6.07) is 0. The van der Waals surface area contributed by atoms with E-state index < -0.39 is 5.97 Å². The molecule has 0 saturated heterocycles. The predicted octanol–water partition coefficient (Wildman–Crippen LogP) is 1.02. The molecule has 0 aromatic carbocycles. The van der Waals surface area contributed by atoms with Crippen LogP contribution < -0.4 is 5.32 Å². The Bertz CT molecular complexity index is 123.